The molecule has 0 aliphatic heterocycles. The van der Waals surface area contributed by atoms with E-state index in [-0.39, 0.29) is 21.4 Å². The standard InChI is InChI=1S/C8H6Cl2O3/c1-13-7-4(8(11)12)2-3-5(9)6(7)10/h2-3H,1H3,(H,11,12). The van der Waals surface area contributed by atoms with Gasteiger partial charge in [0.05, 0.1) is 12.1 Å². The number of halogens is 2. The van der Waals surface area contributed by atoms with Gasteiger partial charge in [-0.3, -0.25) is 0 Å². The number of carboxylic acids is 1. The smallest absolute Gasteiger partial charge is 0.339 e. The van der Waals surface area contributed by atoms with Crippen molar-refractivity contribution in [3.63, 3.8) is 0 Å². The summed E-state index contributed by atoms with van der Waals surface area (Å²) in [6.07, 6.45) is 0. The van der Waals surface area contributed by atoms with Crippen LogP contribution in [0.5, 0.6) is 5.75 Å². The molecule has 0 bridgehead atoms. The molecule has 5 heteroatoms. The first-order chi connectivity index (χ1) is 6.07. The zero-order chi connectivity index (χ0) is 10.0. The van der Waals surface area contributed by atoms with Gasteiger partial charge in [0.15, 0.2) is 5.75 Å². The SMILES string of the molecule is COc1c(C(=O)O)ccc(Cl)c1Cl. The van der Waals surface area contributed by atoms with Crippen LogP contribution in [0.15, 0.2) is 12.1 Å². The van der Waals surface area contributed by atoms with Crippen molar-refractivity contribution in [3.05, 3.63) is 27.7 Å². The highest BCUT2D eigenvalue weighted by Gasteiger charge is 2.15. The van der Waals surface area contributed by atoms with Crippen molar-refractivity contribution < 1.29 is 14.6 Å². The quantitative estimate of drug-likeness (QED) is 0.834. The maximum Gasteiger partial charge on any atom is 0.339 e. The van der Waals surface area contributed by atoms with Crippen LogP contribution in [0, 0.1) is 0 Å². The van der Waals surface area contributed by atoms with Crippen molar-refractivity contribution in [2.45, 2.75) is 0 Å². The van der Waals surface area contributed by atoms with E-state index in [1.807, 2.05) is 0 Å². The number of carboxylic acid groups (broad SMARTS) is 1. The Morgan fingerprint density at radius 1 is 1.46 bits per heavy atom. The van der Waals surface area contributed by atoms with Gasteiger partial charge in [0.2, 0.25) is 0 Å². The largest absolute Gasteiger partial charge is 0.494 e. The summed E-state index contributed by atoms with van der Waals surface area (Å²) in [4.78, 5) is 10.7. The van der Waals surface area contributed by atoms with Gasteiger partial charge in [-0.25, -0.2) is 4.79 Å². The molecule has 0 radical (unpaired) electrons. The second-order valence-corrected chi connectivity index (χ2v) is 3.03. The van der Waals surface area contributed by atoms with Gasteiger partial charge < -0.3 is 9.84 Å². The highest BCUT2D eigenvalue weighted by molar-refractivity contribution is 6.43. The molecule has 0 fully saturated rings. The van der Waals surface area contributed by atoms with Crippen LogP contribution in [-0.4, -0.2) is 18.2 Å². The lowest BCUT2D eigenvalue weighted by molar-refractivity contribution is 0.0693. The first-order valence-corrected chi connectivity index (χ1v) is 4.08. The number of carbonyl (C=O) groups is 1. The third-order valence-electron chi connectivity index (χ3n) is 1.48. The molecule has 0 saturated carbocycles. The van der Waals surface area contributed by atoms with Crippen LogP contribution in [0.4, 0.5) is 0 Å². The van der Waals surface area contributed by atoms with Gasteiger partial charge in [0.1, 0.15) is 10.6 Å². The van der Waals surface area contributed by atoms with Crippen LogP contribution in [-0.2, 0) is 0 Å². The highest BCUT2D eigenvalue weighted by Crippen LogP contribution is 2.34. The maximum absolute atomic E-state index is 10.7. The third-order valence-corrected chi connectivity index (χ3v) is 2.27. The predicted octanol–water partition coefficient (Wildman–Crippen LogP) is 2.70. The Labute approximate surface area is 84.8 Å². The van der Waals surface area contributed by atoms with Gasteiger partial charge in [-0.05, 0) is 12.1 Å². The third kappa shape index (κ3) is 1.87. The number of hydrogen-bond acceptors (Lipinski definition) is 2. The minimum Gasteiger partial charge on any atom is -0.494 e. The van der Waals surface area contributed by atoms with Crippen LogP contribution < -0.4 is 4.74 Å². The number of rotatable bonds is 2. The average molecular weight is 221 g/mol. The monoisotopic (exact) mass is 220 g/mol. The predicted molar refractivity (Wildman–Crippen MR) is 50.0 cm³/mol. The molecule has 0 heterocycles. The maximum atomic E-state index is 10.7. The van der Waals surface area contributed by atoms with E-state index in [0.29, 0.717) is 0 Å². The minimum atomic E-state index is -1.10. The van der Waals surface area contributed by atoms with Crippen molar-refractivity contribution in [1.82, 2.24) is 0 Å². The van der Waals surface area contributed by atoms with Crippen LogP contribution in [0.25, 0.3) is 0 Å². The number of ether oxygens (including phenoxy) is 1. The summed E-state index contributed by atoms with van der Waals surface area (Å²) in [5.74, 6) is -1.02. The molecule has 0 unspecified atom stereocenters. The molecule has 0 aliphatic carbocycles. The van der Waals surface area contributed by atoms with Crippen LogP contribution in [0.3, 0.4) is 0 Å². The molecular formula is C8H6Cl2O3. The van der Waals surface area contributed by atoms with Gasteiger partial charge in [0.25, 0.3) is 0 Å². The Kier molecular flexibility index (Phi) is 3.01. The topological polar surface area (TPSA) is 46.5 Å². The van der Waals surface area contributed by atoms with Gasteiger partial charge in [-0.1, -0.05) is 23.2 Å². The number of benzene rings is 1. The molecule has 1 aromatic carbocycles. The average Bonchev–Trinajstić information content (AvgIpc) is 2.09. The first kappa shape index (κ1) is 10.2. The summed E-state index contributed by atoms with van der Waals surface area (Å²) >= 11 is 11.4. The van der Waals surface area contributed by atoms with Crippen molar-refractivity contribution in [1.29, 1.82) is 0 Å². The molecule has 0 atom stereocenters. The van der Waals surface area contributed by atoms with Crippen LogP contribution in [0.1, 0.15) is 10.4 Å². The van der Waals surface area contributed by atoms with E-state index in [9.17, 15) is 4.79 Å². The van der Waals surface area contributed by atoms with Gasteiger partial charge in [-0.15, -0.1) is 0 Å². The normalized spacial score (nSPS) is 9.77. The van der Waals surface area contributed by atoms with Crippen molar-refractivity contribution >= 4 is 29.2 Å². The Hall–Kier alpha value is -0.930. The fraction of sp³-hybridized carbons (Fsp3) is 0.125. The van der Waals surface area contributed by atoms with Crippen LogP contribution >= 0.6 is 23.2 Å². The molecule has 0 aliphatic rings. The van der Waals surface area contributed by atoms with E-state index in [1.165, 1.54) is 19.2 Å². The summed E-state index contributed by atoms with van der Waals surface area (Å²) in [5.41, 5.74) is -0.00287. The van der Waals surface area contributed by atoms with Crippen LogP contribution in [0.2, 0.25) is 10.0 Å². The number of hydrogen-bond donors (Lipinski definition) is 1. The van der Waals surface area contributed by atoms with E-state index in [4.69, 9.17) is 33.0 Å². The molecule has 1 rings (SSSR count). The lowest BCUT2D eigenvalue weighted by Gasteiger charge is -2.07. The van der Waals surface area contributed by atoms with Gasteiger partial charge in [-0.2, -0.15) is 0 Å². The summed E-state index contributed by atoms with van der Waals surface area (Å²) in [5, 5.41) is 9.11. The molecule has 70 valence electrons. The molecule has 13 heavy (non-hydrogen) atoms. The molecule has 0 saturated heterocycles. The Morgan fingerprint density at radius 2 is 2.08 bits per heavy atom. The number of methoxy groups -OCH3 is 1. The van der Waals surface area contributed by atoms with Crippen molar-refractivity contribution in [2.24, 2.45) is 0 Å². The summed E-state index contributed by atoms with van der Waals surface area (Å²) in [6, 6.07) is 2.76. The number of aromatic carboxylic acids is 1. The molecule has 0 amide bonds. The fourth-order valence-electron chi connectivity index (χ4n) is 0.900. The summed E-state index contributed by atoms with van der Waals surface area (Å²) in [6.45, 7) is 0. The van der Waals surface area contributed by atoms with Gasteiger partial charge >= 0.3 is 5.97 Å². The lowest BCUT2D eigenvalue weighted by atomic mass is 10.2. The molecule has 1 aromatic rings. The van der Waals surface area contributed by atoms with E-state index in [2.05, 4.69) is 0 Å². The van der Waals surface area contributed by atoms with Gasteiger partial charge in [0, 0.05) is 0 Å². The molecule has 0 spiro atoms. The summed E-state index contributed by atoms with van der Waals surface area (Å²) in [7, 11) is 1.34. The second-order valence-electron chi connectivity index (χ2n) is 2.25. The zero-order valence-corrected chi connectivity index (χ0v) is 8.19. The molecule has 1 N–H and O–H groups in total. The summed E-state index contributed by atoms with van der Waals surface area (Å²) < 4.78 is 4.82. The molecule has 3 nitrogen and oxygen atoms in total. The molecular weight excluding hydrogens is 215 g/mol. The second kappa shape index (κ2) is 3.85. The first-order valence-electron chi connectivity index (χ1n) is 3.33. The fourth-order valence-corrected chi connectivity index (χ4v) is 1.29. The Balaban J connectivity index is 3.38. The zero-order valence-electron chi connectivity index (χ0n) is 6.67. The van der Waals surface area contributed by atoms with E-state index in [0.717, 1.165) is 0 Å². The van der Waals surface area contributed by atoms with Crippen molar-refractivity contribution in [2.75, 3.05) is 7.11 Å². The minimum absolute atomic E-state index is 0.00287. The van der Waals surface area contributed by atoms with E-state index >= 15 is 0 Å². The lowest BCUT2D eigenvalue weighted by Crippen LogP contribution is -2.00. The Morgan fingerprint density at radius 3 is 2.54 bits per heavy atom. The van der Waals surface area contributed by atoms with Crippen molar-refractivity contribution in [3.8, 4) is 5.75 Å². The van der Waals surface area contributed by atoms with E-state index < -0.39 is 5.97 Å². The molecule has 0 aromatic heterocycles. The Bertz CT molecular complexity index is 349. The highest BCUT2D eigenvalue weighted by atomic mass is 35.5. The van der Waals surface area contributed by atoms with E-state index in [1.54, 1.807) is 0 Å².